The smallest absolute Gasteiger partial charge is 0.164 e. The highest BCUT2D eigenvalue weighted by Crippen LogP contribution is 2.14. The monoisotopic (exact) mass is 428 g/mol. The lowest BCUT2D eigenvalue weighted by Crippen LogP contribution is -2.45. The Labute approximate surface area is 184 Å². The van der Waals surface area contributed by atoms with Crippen molar-refractivity contribution in [3.8, 4) is 0 Å². The Morgan fingerprint density at radius 2 is 0.767 bits per heavy atom. The van der Waals surface area contributed by atoms with Gasteiger partial charge in [-0.2, -0.15) is 0 Å². The molecule has 0 aromatic carbocycles. The van der Waals surface area contributed by atoms with Crippen molar-refractivity contribution in [2.75, 3.05) is 0 Å². The van der Waals surface area contributed by atoms with Gasteiger partial charge in [-0.15, -0.1) is 0 Å². The summed E-state index contributed by atoms with van der Waals surface area (Å²) >= 11 is 0. The first kappa shape index (κ1) is 29.2. The molecule has 0 fully saturated rings. The number of aliphatic hydroxyl groups excluding tert-OH is 3. The van der Waals surface area contributed by atoms with Crippen LogP contribution in [0.4, 0.5) is 0 Å². The summed E-state index contributed by atoms with van der Waals surface area (Å²) in [5, 5.41) is 29.8. The molecule has 0 heterocycles. The first-order valence-electron chi connectivity index (χ1n) is 12.5. The Kier molecular flexibility index (Phi) is 19.6. The van der Waals surface area contributed by atoms with Crippen LogP contribution in [0, 0.1) is 0 Å². The molecule has 3 N–H and O–H groups in total. The molecule has 0 amide bonds. The molecule has 0 aliphatic rings. The number of unbranched alkanes of at least 4 members (excludes halogenated alkanes) is 14. The van der Waals surface area contributed by atoms with Gasteiger partial charge in [0.1, 0.15) is 18.3 Å². The third kappa shape index (κ3) is 15.1. The van der Waals surface area contributed by atoms with Crippen LogP contribution in [-0.2, 0) is 9.59 Å². The fourth-order valence-electron chi connectivity index (χ4n) is 3.72. The number of carbonyl (C=O) groups is 2. The first-order valence-corrected chi connectivity index (χ1v) is 12.5. The molecule has 5 nitrogen and oxygen atoms in total. The van der Waals surface area contributed by atoms with Crippen LogP contribution < -0.4 is 0 Å². The number of Topliss-reactive ketones (excluding diaryl/α,β-unsaturated/α-hetero) is 2. The van der Waals surface area contributed by atoms with E-state index < -0.39 is 29.9 Å². The molecule has 3 atom stereocenters. The van der Waals surface area contributed by atoms with Crippen molar-refractivity contribution in [3.63, 3.8) is 0 Å². The molecule has 0 saturated carbocycles. The van der Waals surface area contributed by atoms with Gasteiger partial charge >= 0.3 is 0 Å². The Bertz CT molecular complexity index is 424. The van der Waals surface area contributed by atoms with Crippen molar-refractivity contribution < 1.29 is 24.9 Å². The summed E-state index contributed by atoms with van der Waals surface area (Å²) in [5.41, 5.74) is 0. The predicted octanol–water partition coefficient (Wildman–Crippen LogP) is 5.27. The van der Waals surface area contributed by atoms with Crippen LogP contribution in [0.15, 0.2) is 0 Å². The molecular formula is C25H48O5. The predicted molar refractivity (Wildman–Crippen MR) is 122 cm³/mol. The standard InChI is InChI=1S/C25H48O5/c1-3-5-7-8-9-10-11-12-13-14-15-16-18-20-22(27)24(29)25(30)23(28)21(26)19-17-6-4-2/h23-25,28-30H,3-20H2,1-2H3. The van der Waals surface area contributed by atoms with E-state index in [-0.39, 0.29) is 12.8 Å². The van der Waals surface area contributed by atoms with Gasteiger partial charge in [-0.1, -0.05) is 104 Å². The number of carbonyl (C=O) groups excluding carboxylic acids is 2. The van der Waals surface area contributed by atoms with Crippen LogP contribution in [0.3, 0.4) is 0 Å². The minimum Gasteiger partial charge on any atom is -0.387 e. The Balaban J connectivity index is 3.72. The zero-order valence-electron chi connectivity index (χ0n) is 19.6. The summed E-state index contributed by atoms with van der Waals surface area (Å²) in [4.78, 5) is 23.9. The second-order valence-corrected chi connectivity index (χ2v) is 8.76. The van der Waals surface area contributed by atoms with Gasteiger partial charge in [0.05, 0.1) is 0 Å². The average molecular weight is 429 g/mol. The van der Waals surface area contributed by atoms with Crippen molar-refractivity contribution in [3.05, 3.63) is 0 Å². The Morgan fingerprint density at radius 1 is 0.500 bits per heavy atom. The zero-order valence-corrected chi connectivity index (χ0v) is 19.6. The van der Waals surface area contributed by atoms with E-state index in [4.69, 9.17) is 0 Å². The quantitative estimate of drug-likeness (QED) is 0.204. The zero-order chi connectivity index (χ0) is 22.6. The maximum atomic E-state index is 12.0. The summed E-state index contributed by atoms with van der Waals surface area (Å²) in [5.74, 6) is -1.00. The Morgan fingerprint density at radius 3 is 1.13 bits per heavy atom. The first-order chi connectivity index (χ1) is 14.5. The molecule has 0 saturated heterocycles. The molecule has 178 valence electrons. The van der Waals surface area contributed by atoms with Crippen LogP contribution in [0.1, 0.15) is 129 Å². The largest absolute Gasteiger partial charge is 0.387 e. The molecule has 0 spiro atoms. The Hall–Kier alpha value is -0.780. The van der Waals surface area contributed by atoms with Gasteiger partial charge in [-0.25, -0.2) is 0 Å². The van der Waals surface area contributed by atoms with E-state index in [9.17, 15) is 24.9 Å². The summed E-state index contributed by atoms with van der Waals surface area (Å²) in [6.07, 6.45) is 13.4. The SMILES string of the molecule is CCCCCCCCCCCCCCCC(=O)C(O)C(O)C(O)C(=O)CCCCC. The van der Waals surface area contributed by atoms with Crippen LogP contribution in [0.2, 0.25) is 0 Å². The lowest BCUT2D eigenvalue weighted by molar-refractivity contribution is -0.146. The van der Waals surface area contributed by atoms with Crippen molar-refractivity contribution in [1.29, 1.82) is 0 Å². The molecule has 0 aliphatic heterocycles. The average Bonchev–Trinajstić information content (AvgIpc) is 2.75. The normalized spacial score (nSPS) is 14.4. The third-order valence-electron chi connectivity index (χ3n) is 5.86. The van der Waals surface area contributed by atoms with E-state index in [1.807, 2.05) is 6.92 Å². The highest BCUT2D eigenvalue weighted by Gasteiger charge is 2.33. The van der Waals surface area contributed by atoms with Gasteiger partial charge in [0.25, 0.3) is 0 Å². The van der Waals surface area contributed by atoms with E-state index in [0.29, 0.717) is 12.8 Å². The summed E-state index contributed by atoms with van der Waals surface area (Å²) in [7, 11) is 0. The second-order valence-electron chi connectivity index (χ2n) is 8.76. The molecule has 0 radical (unpaired) electrons. The van der Waals surface area contributed by atoms with Gasteiger partial charge in [0.2, 0.25) is 0 Å². The van der Waals surface area contributed by atoms with Gasteiger partial charge in [0.15, 0.2) is 11.6 Å². The van der Waals surface area contributed by atoms with Crippen LogP contribution in [-0.4, -0.2) is 45.2 Å². The highest BCUT2D eigenvalue weighted by atomic mass is 16.4. The van der Waals surface area contributed by atoms with E-state index in [2.05, 4.69) is 6.92 Å². The van der Waals surface area contributed by atoms with Crippen molar-refractivity contribution >= 4 is 11.6 Å². The van der Waals surface area contributed by atoms with Crippen LogP contribution in [0.5, 0.6) is 0 Å². The van der Waals surface area contributed by atoms with Gasteiger partial charge in [0, 0.05) is 12.8 Å². The number of rotatable bonds is 22. The molecule has 3 unspecified atom stereocenters. The minimum absolute atomic E-state index is 0.159. The second kappa shape index (κ2) is 20.1. The third-order valence-corrected chi connectivity index (χ3v) is 5.86. The summed E-state index contributed by atoms with van der Waals surface area (Å²) in [6, 6.07) is 0. The number of aliphatic hydroxyl groups is 3. The number of hydrogen-bond donors (Lipinski definition) is 3. The molecule has 0 bridgehead atoms. The number of ketones is 2. The lowest BCUT2D eigenvalue weighted by atomic mass is 9.96. The molecule has 30 heavy (non-hydrogen) atoms. The lowest BCUT2D eigenvalue weighted by Gasteiger charge is -2.21. The molecule has 0 aromatic rings. The maximum absolute atomic E-state index is 12.0. The molecule has 0 rings (SSSR count). The van der Waals surface area contributed by atoms with Crippen molar-refractivity contribution in [2.24, 2.45) is 0 Å². The van der Waals surface area contributed by atoms with Crippen molar-refractivity contribution in [2.45, 2.75) is 148 Å². The summed E-state index contributed by atoms with van der Waals surface area (Å²) < 4.78 is 0. The highest BCUT2D eigenvalue weighted by molar-refractivity contribution is 5.87. The maximum Gasteiger partial charge on any atom is 0.164 e. The van der Waals surface area contributed by atoms with E-state index >= 15 is 0 Å². The van der Waals surface area contributed by atoms with Gasteiger partial charge in [-0.3, -0.25) is 9.59 Å². The van der Waals surface area contributed by atoms with Crippen LogP contribution >= 0.6 is 0 Å². The number of hydrogen-bond acceptors (Lipinski definition) is 5. The fourth-order valence-corrected chi connectivity index (χ4v) is 3.72. The van der Waals surface area contributed by atoms with E-state index in [1.54, 1.807) is 0 Å². The summed E-state index contributed by atoms with van der Waals surface area (Å²) in [6.45, 7) is 4.25. The van der Waals surface area contributed by atoms with Gasteiger partial charge in [-0.05, 0) is 12.8 Å². The fraction of sp³-hybridized carbons (Fsp3) is 0.920. The molecule has 0 aromatic heterocycles. The molecular weight excluding hydrogens is 380 g/mol. The molecule has 5 heteroatoms. The minimum atomic E-state index is -1.73. The van der Waals surface area contributed by atoms with E-state index in [1.165, 1.54) is 64.2 Å². The van der Waals surface area contributed by atoms with Crippen LogP contribution in [0.25, 0.3) is 0 Å². The topological polar surface area (TPSA) is 94.8 Å². The van der Waals surface area contributed by atoms with Gasteiger partial charge < -0.3 is 15.3 Å². The molecule has 0 aliphatic carbocycles. The van der Waals surface area contributed by atoms with E-state index in [0.717, 1.165) is 25.7 Å². The van der Waals surface area contributed by atoms with Crippen molar-refractivity contribution in [1.82, 2.24) is 0 Å².